The van der Waals surface area contributed by atoms with Gasteiger partial charge in [-0.2, -0.15) is 0 Å². The van der Waals surface area contributed by atoms with Gasteiger partial charge < -0.3 is 15.2 Å². The number of thiophene rings is 1. The molecule has 1 heterocycles. The topological polar surface area (TPSA) is 90.6 Å². The summed E-state index contributed by atoms with van der Waals surface area (Å²) in [6, 6.07) is 3.10. The van der Waals surface area contributed by atoms with Gasteiger partial charge in [-0.1, -0.05) is 12.2 Å². The van der Waals surface area contributed by atoms with E-state index in [1.54, 1.807) is 13.2 Å². The number of sulfonamides is 1. The molecular weight excluding hydrogens is 320 g/mol. The quantitative estimate of drug-likeness (QED) is 0.482. The van der Waals surface area contributed by atoms with Crippen LogP contribution in [0.5, 0.6) is 0 Å². The summed E-state index contributed by atoms with van der Waals surface area (Å²) in [6.45, 7) is 1.83. The molecule has 0 atom stereocenters. The standard InChI is InChI=1S/C11H18N2O4S3/c1-16-7-8-17-6-2-5-13-20(14,15)10-4-3-9(19-10)11(12)18/h3-4,13H,2,5-8H2,1H3,(H2,12,18). The van der Waals surface area contributed by atoms with Gasteiger partial charge in [0.25, 0.3) is 0 Å². The molecule has 114 valence electrons. The zero-order chi connectivity index (χ0) is 15.0. The molecule has 0 aliphatic heterocycles. The molecule has 0 saturated carbocycles. The Kier molecular flexibility index (Phi) is 7.56. The largest absolute Gasteiger partial charge is 0.389 e. The van der Waals surface area contributed by atoms with Crippen LogP contribution in [0.3, 0.4) is 0 Å². The van der Waals surface area contributed by atoms with E-state index in [-0.39, 0.29) is 9.20 Å². The predicted octanol–water partition coefficient (Wildman–Crippen LogP) is 0.714. The van der Waals surface area contributed by atoms with Crippen LogP contribution in [0.25, 0.3) is 0 Å². The van der Waals surface area contributed by atoms with Crippen LogP contribution in [0, 0.1) is 0 Å². The number of hydrogen-bond acceptors (Lipinski definition) is 6. The summed E-state index contributed by atoms with van der Waals surface area (Å²) in [4.78, 5) is 0.784. The lowest BCUT2D eigenvalue weighted by atomic mass is 10.5. The van der Waals surface area contributed by atoms with Crippen molar-refractivity contribution >= 4 is 38.6 Å². The Morgan fingerprint density at radius 3 is 2.75 bits per heavy atom. The molecule has 0 aromatic carbocycles. The number of hydrogen-bond donors (Lipinski definition) is 2. The Hall–Kier alpha value is -0.580. The van der Waals surface area contributed by atoms with E-state index in [4.69, 9.17) is 27.4 Å². The second kappa shape index (κ2) is 8.65. The molecule has 0 unspecified atom stereocenters. The molecule has 0 saturated heterocycles. The summed E-state index contributed by atoms with van der Waals surface area (Å²) < 4.78 is 36.7. The van der Waals surface area contributed by atoms with Crippen LogP contribution in [-0.4, -0.2) is 46.9 Å². The number of nitrogens with one attached hydrogen (secondary N) is 1. The van der Waals surface area contributed by atoms with Gasteiger partial charge in [-0.25, -0.2) is 13.1 Å². The van der Waals surface area contributed by atoms with Crippen LogP contribution in [0.15, 0.2) is 16.3 Å². The maximum atomic E-state index is 12.0. The minimum atomic E-state index is -3.50. The first-order valence-electron chi connectivity index (χ1n) is 5.93. The molecule has 0 spiro atoms. The highest BCUT2D eigenvalue weighted by Crippen LogP contribution is 2.21. The lowest BCUT2D eigenvalue weighted by Crippen LogP contribution is -2.25. The first-order valence-corrected chi connectivity index (χ1v) is 8.64. The maximum Gasteiger partial charge on any atom is 0.250 e. The lowest BCUT2D eigenvalue weighted by Gasteiger charge is -2.05. The SMILES string of the molecule is COCCOCCCNS(=O)(=O)c1ccc(C(N)=S)s1. The fourth-order valence-corrected chi connectivity index (χ4v) is 3.76. The number of methoxy groups -OCH3 is 1. The van der Waals surface area contributed by atoms with E-state index in [9.17, 15) is 8.42 Å². The minimum absolute atomic E-state index is 0.197. The van der Waals surface area contributed by atoms with Crippen molar-refractivity contribution in [2.45, 2.75) is 10.6 Å². The molecule has 0 amide bonds. The molecule has 0 aliphatic rings. The first-order chi connectivity index (χ1) is 9.47. The first kappa shape index (κ1) is 17.5. The Morgan fingerprint density at radius 2 is 2.15 bits per heavy atom. The molecule has 9 heteroatoms. The van der Waals surface area contributed by atoms with E-state index >= 15 is 0 Å². The van der Waals surface area contributed by atoms with Crippen molar-refractivity contribution in [3.63, 3.8) is 0 Å². The lowest BCUT2D eigenvalue weighted by molar-refractivity contribution is 0.0699. The van der Waals surface area contributed by atoms with Crippen molar-refractivity contribution < 1.29 is 17.9 Å². The highest BCUT2D eigenvalue weighted by atomic mass is 32.2. The Labute approximate surface area is 128 Å². The van der Waals surface area contributed by atoms with E-state index in [2.05, 4.69) is 4.72 Å². The zero-order valence-electron chi connectivity index (χ0n) is 11.1. The number of nitrogens with two attached hydrogens (primary N) is 1. The van der Waals surface area contributed by atoms with Crippen molar-refractivity contribution in [2.24, 2.45) is 5.73 Å². The molecule has 6 nitrogen and oxygen atoms in total. The highest BCUT2D eigenvalue weighted by Gasteiger charge is 2.16. The smallest absolute Gasteiger partial charge is 0.250 e. The highest BCUT2D eigenvalue weighted by molar-refractivity contribution is 7.91. The molecule has 3 N–H and O–H groups in total. The van der Waals surface area contributed by atoms with Crippen LogP contribution in [0.4, 0.5) is 0 Å². The molecule has 0 aliphatic carbocycles. The molecule has 1 rings (SSSR count). The molecule has 0 fully saturated rings. The van der Waals surface area contributed by atoms with Gasteiger partial charge in [0.2, 0.25) is 10.0 Å². The van der Waals surface area contributed by atoms with Crippen LogP contribution in [0.2, 0.25) is 0 Å². The van der Waals surface area contributed by atoms with Gasteiger partial charge in [0.05, 0.1) is 18.1 Å². The second-order valence-electron chi connectivity index (χ2n) is 3.84. The van der Waals surface area contributed by atoms with Crippen LogP contribution < -0.4 is 10.5 Å². The zero-order valence-corrected chi connectivity index (χ0v) is 13.6. The average molecular weight is 338 g/mol. The Balaban J connectivity index is 2.36. The summed E-state index contributed by atoms with van der Waals surface area (Å²) >= 11 is 5.86. The summed E-state index contributed by atoms with van der Waals surface area (Å²) in [5, 5.41) is 0. The monoisotopic (exact) mass is 338 g/mol. The van der Waals surface area contributed by atoms with Crippen molar-refractivity contribution in [3.8, 4) is 0 Å². The van der Waals surface area contributed by atoms with Crippen molar-refractivity contribution in [1.82, 2.24) is 4.72 Å². The van der Waals surface area contributed by atoms with Gasteiger partial charge in [-0.3, -0.25) is 0 Å². The van der Waals surface area contributed by atoms with Gasteiger partial charge in [0.1, 0.15) is 9.20 Å². The van der Waals surface area contributed by atoms with E-state index in [1.165, 1.54) is 6.07 Å². The third-order valence-electron chi connectivity index (χ3n) is 2.28. The summed E-state index contributed by atoms with van der Waals surface area (Å²) in [5.41, 5.74) is 5.45. The summed E-state index contributed by atoms with van der Waals surface area (Å²) in [5.74, 6) is 0. The average Bonchev–Trinajstić information content (AvgIpc) is 2.88. The molecule has 1 aromatic rings. The van der Waals surface area contributed by atoms with E-state index in [0.717, 1.165) is 11.3 Å². The molecule has 20 heavy (non-hydrogen) atoms. The second-order valence-corrected chi connectivity index (χ2v) is 7.36. The van der Waals surface area contributed by atoms with Crippen molar-refractivity contribution in [3.05, 3.63) is 17.0 Å². The van der Waals surface area contributed by atoms with Gasteiger partial charge in [0, 0.05) is 20.3 Å². The predicted molar refractivity (Wildman–Crippen MR) is 82.7 cm³/mol. The third kappa shape index (κ3) is 5.81. The van der Waals surface area contributed by atoms with Gasteiger partial charge in [-0.05, 0) is 18.6 Å². The fraction of sp³-hybridized carbons (Fsp3) is 0.545. The third-order valence-corrected chi connectivity index (χ3v) is 5.70. The van der Waals surface area contributed by atoms with E-state index in [0.29, 0.717) is 37.7 Å². The fourth-order valence-electron chi connectivity index (χ4n) is 1.29. The number of thiocarbonyl (C=S) groups is 1. The van der Waals surface area contributed by atoms with Crippen LogP contribution in [-0.2, 0) is 19.5 Å². The molecule has 0 bridgehead atoms. The van der Waals surface area contributed by atoms with E-state index in [1.807, 2.05) is 0 Å². The maximum absolute atomic E-state index is 12.0. The van der Waals surface area contributed by atoms with Gasteiger partial charge in [0.15, 0.2) is 0 Å². The van der Waals surface area contributed by atoms with Crippen molar-refractivity contribution in [1.29, 1.82) is 0 Å². The normalized spacial score (nSPS) is 11.7. The molecular formula is C11H18N2O4S3. The number of ether oxygens (including phenoxy) is 2. The minimum Gasteiger partial charge on any atom is -0.389 e. The Bertz CT molecular complexity index is 528. The van der Waals surface area contributed by atoms with Crippen LogP contribution in [0.1, 0.15) is 11.3 Å². The molecule has 1 aromatic heterocycles. The van der Waals surface area contributed by atoms with Crippen LogP contribution >= 0.6 is 23.6 Å². The van der Waals surface area contributed by atoms with E-state index < -0.39 is 10.0 Å². The van der Waals surface area contributed by atoms with Gasteiger partial charge >= 0.3 is 0 Å². The van der Waals surface area contributed by atoms with Gasteiger partial charge in [-0.15, -0.1) is 11.3 Å². The summed E-state index contributed by atoms with van der Waals surface area (Å²) in [6.07, 6.45) is 0.594. The Morgan fingerprint density at radius 1 is 1.40 bits per heavy atom. The number of rotatable bonds is 10. The van der Waals surface area contributed by atoms with Crippen molar-refractivity contribution in [2.75, 3.05) is 33.5 Å². The summed E-state index contributed by atoms with van der Waals surface area (Å²) in [7, 11) is -1.90. The molecule has 0 radical (unpaired) electrons.